The first-order valence-corrected chi connectivity index (χ1v) is 12.2. The number of amides is 1. The number of nitrogens with zero attached hydrogens (tertiary/aromatic N) is 3. The molecule has 0 bridgehead atoms. The molecule has 1 amide bonds. The molecule has 1 aliphatic rings. The van der Waals surface area contributed by atoms with Crippen molar-refractivity contribution in [2.75, 3.05) is 13.1 Å². The molecule has 3 heterocycles. The molecule has 184 valence electrons. The fourth-order valence-electron chi connectivity index (χ4n) is 4.55. The van der Waals surface area contributed by atoms with Crippen molar-refractivity contribution in [3.05, 3.63) is 105 Å². The quantitative estimate of drug-likeness (QED) is 0.304. The second-order valence-electron chi connectivity index (χ2n) is 8.62. The van der Waals surface area contributed by atoms with Crippen molar-refractivity contribution < 1.29 is 13.6 Å². The van der Waals surface area contributed by atoms with Crippen molar-refractivity contribution in [1.29, 1.82) is 0 Å². The van der Waals surface area contributed by atoms with Crippen molar-refractivity contribution in [1.82, 2.24) is 19.8 Å². The standard InChI is InChI=1S/C27H22Cl2F2N4O/c28-19-4-6-24-21(13-19)22-16-34(10-1-2-18-3-5-20(30)14-23(18)31)11-8-25(22)35(24)27(36)33-15-17-7-9-32-26(29)12-17/h1-7,9,12-14H,8,10-11,15-16H2,(H,33,36)/b2-1+. The smallest absolute Gasteiger partial charge is 0.326 e. The fourth-order valence-corrected chi connectivity index (χ4v) is 4.92. The van der Waals surface area contributed by atoms with E-state index >= 15 is 0 Å². The molecule has 0 saturated heterocycles. The highest BCUT2D eigenvalue weighted by molar-refractivity contribution is 6.31. The topological polar surface area (TPSA) is 50.2 Å². The van der Waals surface area contributed by atoms with Gasteiger partial charge in [0.2, 0.25) is 0 Å². The molecule has 2 aromatic carbocycles. The van der Waals surface area contributed by atoms with E-state index in [0.29, 0.717) is 41.8 Å². The van der Waals surface area contributed by atoms with Gasteiger partial charge in [-0.05, 0) is 53.6 Å². The van der Waals surface area contributed by atoms with E-state index in [2.05, 4.69) is 15.2 Å². The highest BCUT2D eigenvalue weighted by Crippen LogP contribution is 2.32. The Morgan fingerprint density at radius 2 is 1.97 bits per heavy atom. The van der Waals surface area contributed by atoms with E-state index in [1.807, 2.05) is 18.2 Å². The molecule has 5 nitrogen and oxygen atoms in total. The Hall–Kier alpha value is -3.26. The van der Waals surface area contributed by atoms with Crippen molar-refractivity contribution in [2.24, 2.45) is 0 Å². The molecule has 0 atom stereocenters. The molecule has 1 aliphatic heterocycles. The molecule has 1 N–H and O–H groups in total. The molecule has 0 unspecified atom stereocenters. The summed E-state index contributed by atoms with van der Waals surface area (Å²) in [5, 5.41) is 4.87. The van der Waals surface area contributed by atoms with Gasteiger partial charge in [0.05, 0.1) is 5.52 Å². The second-order valence-corrected chi connectivity index (χ2v) is 9.44. The lowest BCUT2D eigenvalue weighted by Crippen LogP contribution is -2.34. The van der Waals surface area contributed by atoms with Crippen molar-refractivity contribution >= 4 is 46.2 Å². The zero-order valence-electron chi connectivity index (χ0n) is 19.1. The molecule has 2 aromatic heterocycles. The van der Waals surface area contributed by atoms with Crippen molar-refractivity contribution in [3.8, 4) is 0 Å². The Kier molecular flexibility index (Phi) is 7.05. The van der Waals surface area contributed by atoms with Crippen molar-refractivity contribution in [2.45, 2.75) is 19.5 Å². The lowest BCUT2D eigenvalue weighted by Gasteiger charge is -2.27. The van der Waals surface area contributed by atoms with Gasteiger partial charge in [-0.2, -0.15) is 0 Å². The first-order chi connectivity index (χ1) is 17.4. The minimum absolute atomic E-state index is 0.225. The van der Waals surface area contributed by atoms with Crippen LogP contribution in [-0.2, 0) is 19.5 Å². The fraction of sp³-hybridized carbons (Fsp3) is 0.185. The van der Waals surface area contributed by atoms with Crippen LogP contribution in [0, 0.1) is 11.6 Å². The average Bonchev–Trinajstić information content (AvgIpc) is 3.17. The van der Waals surface area contributed by atoms with Crippen LogP contribution in [0.1, 0.15) is 22.4 Å². The van der Waals surface area contributed by atoms with Gasteiger partial charge >= 0.3 is 6.03 Å². The number of fused-ring (bicyclic) bond motifs is 3. The van der Waals surface area contributed by atoms with Crippen LogP contribution in [0.5, 0.6) is 0 Å². The SMILES string of the molecule is O=C(NCc1ccnc(Cl)c1)n1c2c(c3cc(Cl)ccc31)CN(C/C=C/c1ccc(F)cc1F)CC2. The van der Waals surface area contributed by atoms with Gasteiger partial charge in [-0.3, -0.25) is 9.47 Å². The third-order valence-corrected chi connectivity index (χ3v) is 6.69. The Morgan fingerprint density at radius 3 is 2.78 bits per heavy atom. The van der Waals surface area contributed by atoms with E-state index in [1.165, 1.54) is 12.1 Å². The van der Waals surface area contributed by atoms with Crippen molar-refractivity contribution in [3.63, 3.8) is 0 Å². The van der Waals surface area contributed by atoms with Gasteiger partial charge in [0.1, 0.15) is 16.8 Å². The molecular weight excluding hydrogens is 505 g/mol. The van der Waals surface area contributed by atoms with Gasteiger partial charge in [0.15, 0.2) is 0 Å². The van der Waals surface area contributed by atoms with E-state index in [-0.39, 0.29) is 6.03 Å². The second kappa shape index (κ2) is 10.4. The van der Waals surface area contributed by atoms with E-state index in [9.17, 15) is 13.6 Å². The highest BCUT2D eigenvalue weighted by atomic mass is 35.5. The van der Waals surface area contributed by atoms with E-state index in [4.69, 9.17) is 23.2 Å². The summed E-state index contributed by atoms with van der Waals surface area (Å²) in [6, 6.07) is 12.4. The minimum Gasteiger partial charge on any atom is -0.333 e. The van der Waals surface area contributed by atoms with Crippen LogP contribution in [0.3, 0.4) is 0 Å². The summed E-state index contributed by atoms with van der Waals surface area (Å²) < 4.78 is 28.8. The Labute approximate surface area is 216 Å². The number of pyridine rings is 1. The summed E-state index contributed by atoms with van der Waals surface area (Å²) in [6.45, 7) is 2.24. The normalized spacial score (nSPS) is 13.9. The largest absolute Gasteiger partial charge is 0.333 e. The average molecular weight is 527 g/mol. The maximum absolute atomic E-state index is 13.9. The third-order valence-electron chi connectivity index (χ3n) is 6.25. The monoisotopic (exact) mass is 526 g/mol. The summed E-state index contributed by atoms with van der Waals surface area (Å²) in [5.41, 5.74) is 3.97. The van der Waals surface area contributed by atoms with Gasteiger partial charge in [0, 0.05) is 66.5 Å². The van der Waals surface area contributed by atoms with Gasteiger partial charge in [-0.1, -0.05) is 35.4 Å². The lowest BCUT2D eigenvalue weighted by molar-refractivity contribution is 0.240. The molecule has 0 aliphatic carbocycles. The van der Waals surface area contributed by atoms with E-state index in [1.54, 1.807) is 35.0 Å². The lowest BCUT2D eigenvalue weighted by atomic mass is 10.0. The number of benzene rings is 2. The zero-order valence-corrected chi connectivity index (χ0v) is 20.7. The number of carbonyl (C=O) groups excluding carboxylic acids is 1. The minimum atomic E-state index is -0.600. The number of hydrogen-bond donors (Lipinski definition) is 1. The first-order valence-electron chi connectivity index (χ1n) is 11.4. The molecule has 36 heavy (non-hydrogen) atoms. The van der Waals surface area contributed by atoms with Crippen LogP contribution < -0.4 is 5.32 Å². The number of halogens is 4. The molecule has 5 rings (SSSR count). The number of nitrogens with one attached hydrogen (secondary N) is 1. The zero-order chi connectivity index (χ0) is 25.2. The number of rotatable bonds is 5. The Morgan fingerprint density at radius 1 is 1.11 bits per heavy atom. The maximum Gasteiger partial charge on any atom is 0.326 e. The maximum atomic E-state index is 13.9. The summed E-state index contributed by atoms with van der Waals surface area (Å²) in [5.74, 6) is -1.19. The predicted octanol–water partition coefficient (Wildman–Crippen LogP) is 6.45. The van der Waals surface area contributed by atoms with Gasteiger partial charge in [0.25, 0.3) is 0 Å². The summed E-state index contributed by atoms with van der Waals surface area (Å²) in [4.78, 5) is 19.5. The molecule has 0 spiro atoms. The van der Waals surface area contributed by atoms with E-state index in [0.717, 1.165) is 40.3 Å². The first kappa shape index (κ1) is 24.4. The molecule has 4 aromatic rings. The summed E-state index contributed by atoms with van der Waals surface area (Å²) >= 11 is 12.3. The molecule has 9 heteroatoms. The van der Waals surface area contributed by atoms with Gasteiger partial charge < -0.3 is 5.32 Å². The van der Waals surface area contributed by atoms with Gasteiger partial charge in [-0.15, -0.1) is 0 Å². The van der Waals surface area contributed by atoms with Crippen LogP contribution in [0.25, 0.3) is 17.0 Å². The van der Waals surface area contributed by atoms with Crippen LogP contribution in [0.2, 0.25) is 10.2 Å². The number of hydrogen-bond acceptors (Lipinski definition) is 3. The number of aromatic nitrogens is 2. The van der Waals surface area contributed by atoms with Crippen LogP contribution in [0.4, 0.5) is 13.6 Å². The molecular formula is C27H22Cl2F2N4O. The number of carbonyl (C=O) groups is 1. The Bertz CT molecular complexity index is 1480. The molecule has 0 saturated carbocycles. The van der Waals surface area contributed by atoms with Crippen LogP contribution >= 0.6 is 23.2 Å². The summed E-state index contributed by atoms with van der Waals surface area (Å²) in [7, 11) is 0. The third kappa shape index (κ3) is 5.14. The molecule has 0 fully saturated rings. The Balaban J connectivity index is 1.37. The van der Waals surface area contributed by atoms with Gasteiger partial charge in [-0.25, -0.2) is 18.6 Å². The predicted molar refractivity (Wildman–Crippen MR) is 138 cm³/mol. The van der Waals surface area contributed by atoms with Crippen LogP contribution in [0.15, 0.2) is 60.8 Å². The highest BCUT2D eigenvalue weighted by Gasteiger charge is 2.26. The summed E-state index contributed by atoms with van der Waals surface area (Å²) in [6.07, 6.45) is 5.78. The molecule has 0 radical (unpaired) electrons. The van der Waals surface area contributed by atoms with Crippen LogP contribution in [-0.4, -0.2) is 33.6 Å². The van der Waals surface area contributed by atoms with E-state index < -0.39 is 11.6 Å².